The molecule has 0 aliphatic carbocycles. The predicted molar refractivity (Wildman–Crippen MR) is 71.6 cm³/mol. The Labute approximate surface area is 118 Å². The number of aliphatic carboxylic acids is 1. The van der Waals surface area contributed by atoms with Gasteiger partial charge in [0, 0.05) is 0 Å². The summed E-state index contributed by atoms with van der Waals surface area (Å²) in [5.74, 6) is -0.901. The molecule has 0 aromatic heterocycles. The van der Waals surface area contributed by atoms with Crippen molar-refractivity contribution in [2.24, 2.45) is 0 Å². The number of carboxylic acid groups (broad SMARTS) is 1. The minimum absolute atomic E-state index is 0.0129. The molecule has 0 fully saturated rings. The minimum Gasteiger partial charge on any atom is -0.548 e. The Bertz CT molecular complexity index is 538. The van der Waals surface area contributed by atoms with E-state index >= 15 is 0 Å². The molecule has 0 saturated heterocycles. The lowest BCUT2D eigenvalue weighted by Crippen LogP contribution is -2.47. The summed E-state index contributed by atoms with van der Waals surface area (Å²) in [6, 6.07) is 4.48. The first-order valence-corrected chi connectivity index (χ1v) is 7.76. The third-order valence-corrected chi connectivity index (χ3v) is 4.29. The molecule has 0 aliphatic rings. The van der Waals surface area contributed by atoms with Gasteiger partial charge in [-0.2, -0.15) is 0 Å². The molecule has 6 nitrogen and oxygen atoms in total. The van der Waals surface area contributed by atoms with Crippen molar-refractivity contribution in [1.82, 2.24) is 4.72 Å². The van der Waals surface area contributed by atoms with Gasteiger partial charge in [0.15, 0.2) is 0 Å². The number of methoxy groups -OCH3 is 1. The first-order valence-electron chi connectivity index (χ1n) is 6.28. The number of carbonyl (C=O) groups is 1. The van der Waals surface area contributed by atoms with Crippen LogP contribution in [0.3, 0.4) is 0 Å². The third kappa shape index (κ3) is 4.50. The van der Waals surface area contributed by atoms with Crippen molar-refractivity contribution in [2.75, 3.05) is 7.11 Å². The van der Waals surface area contributed by atoms with Crippen molar-refractivity contribution in [3.05, 3.63) is 24.3 Å². The number of carboxylic acids is 1. The average molecular weight is 300 g/mol. The molecule has 0 spiro atoms. The average Bonchev–Trinajstić information content (AvgIpc) is 2.43. The van der Waals surface area contributed by atoms with E-state index < -0.39 is 22.0 Å². The van der Waals surface area contributed by atoms with Crippen LogP contribution < -0.4 is 14.6 Å². The molecular formula is C13H18NO5S-. The molecule has 1 aromatic rings. The van der Waals surface area contributed by atoms with Crippen molar-refractivity contribution in [2.45, 2.75) is 37.1 Å². The van der Waals surface area contributed by atoms with Crippen LogP contribution in [0.2, 0.25) is 0 Å². The fraction of sp³-hybridized carbons (Fsp3) is 0.462. The molecule has 1 N–H and O–H groups in total. The lowest BCUT2D eigenvalue weighted by molar-refractivity contribution is -0.308. The van der Waals surface area contributed by atoms with Gasteiger partial charge in [-0.1, -0.05) is 19.8 Å². The van der Waals surface area contributed by atoms with Gasteiger partial charge < -0.3 is 14.6 Å². The second-order valence-corrected chi connectivity index (χ2v) is 6.02. The number of nitrogens with one attached hydrogen (secondary N) is 1. The smallest absolute Gasteiger partial charge is 0.241 e. The summed E-state index contributed by atoms with van der Waals surface area (Å²) in [5.41, 5.74) is 0. The van der Waals surface area contributed by atoms with Gasteiger partial charge in [-0.05, 0) is 30.7 Å². The lowest BCUT2D eigenvalue weighted by atomic mass is 10.1. The SMILES string of the molecule is CCCC[C@@H](NS(=O)(=O)c1ccc(OC)cc1)C(=O)[O-]. The maximum absolute atomic E-state index is 12.1. The summed E-state index contributed by atoms with van der Waals surface area (Å²) >= 11 is 0. The van der Waals surface area contributed by atoms with Crippen LogP contribution in [0.25, 0.3) is 0 Å². The van der Waals surface area contributed by atoms with Crippen molar-refractivity contribution >= 4 is 16.0 Å². The molecule has 0 heterocycles. The zero-order valence-electron chi connectivity index (χ0n) is 11.5. The van der Waals surface area contributed by atoms with E-state index in [4.69, 9.17) is 4.74 Å². The molecule has 7 heteroatoms. The minimum atomic E-state index is -3.89. The number of carbonyl (C=O) groups excluding carboxylic acids is 1. The first-order chi connectivity index (χ1) is 9.40. The quantitative estimate of drug-likeness (QED) is 0.744. The molecule has 0 aliphatic heterocycles. The summed E-state index contributed by atoms with van der Waals surface area (Å²) in [6.07, 6.45) is 1.58. The number of rotatable bonds is 8. The molecule has 0 bridgehead atoms. The van der Waals surface area contributed by atoms with Gasteiger partial charge in [-0.3, -0.25) is 0 Å². The van der Waals surface area contributed by atoms with E-state index in [0.29, 0.717) is 12.2 Å². The predicted octanol–water partition coefficient (Wildman–Crippen LogP) is 0.282. The summed E-state index contributed by atoms with van der Waals surface area (Å²) in [7, 11) is -2.42. The van der Waals surface area contributed by atoms with Gasteiger partial charge in [0.05, 0.1) is 24.0 Å². The van der Waals surface area contributed by atoms with Crippen LogP contribution in [0.5, 0.6) is 5.75 Å². The highest BCUT2D eigenvalue weighted by molar-refractivity contribution is 7.89. The van der Waals surface area contributed by atoms with E-state index in [2.05, 4.69) is 4.72 Å². The Balaban J connectivity index is 2.88. The summed E-state index contributed by atoms with van der Waals surface area (Å²) in [5, 5.41) is 11.0. The number of hydrogen-bond donors (Lipinski definition) is 1. The molecule has 20 heavy (non-hydrogen) atoms. The summed E-state index contributed by atoms with van der Waals surface area (Å²) in [6.45, 7) is 1.89. The number of benzene rings is 1. The topological polar surface area (TPSA) is 95.5 Å². The van der Waals surface area contributed by atoms with Crippen LogP contribution in [0.4, 0.5) is 0 Å². The Morgan fingerprint density at radius 3 is 2.40 bits per heavy atom. The number of ether oxygens (including phenoxy) is 1. The zero-order chi connectivity index (χ0) is 15.2. The fourth-order valence-electron chi connectivity index (χ4n) is 1.64. The van der Waals surface area contributed by atoms with Crippen LogP contribution in [-0.2, 0) is 14.8 Å². The Hall–Kier alpha value is -1.60. The highest BCUT2D eigenvalue weighted by Crippen LogP contribution is 2.16. The lowest BCUT2D eigenvalue weighted by Gasteiger charge is -2.19. The van der Waals surface area contributed by atoms with Gasteiger partial charge in [0.25, 0.3) is 0 Å². The van der Waals surface area contributed by atoms with E-state index in [0.717, 1.165) is 6.42 Å². The molecule has 112 valence electrons. The van der Waals surface area contributed by atoms with E-state index in [1.54, 1.807) is 0 Å². The molecule has 1 atom stereocenters. The summed E-state index contributed by atoms with van der Waals surface area (Å²) in [4.78, 5) is 10.9. The maximum Gasteiger partial charge on any atom is 0.241 e. The molecule has 1 aromatic carbocycles. The number of hydrogen-bond acceptors (Lipinski definition) is 5. The van der Waals surface area contributed by atoms with Crippen LogP contribution >= 0.6 is 0 Å². The normalized spacial score (nSPS) is 12.9. The second-order valence-electron chi connectivity index (χ2n) is 4.31. The Kier molecular flexibility index (Phi) is 5.97. The molecule has 1 rings (SSSR count). The largest absolute Gasteiger partial charge is 0.548 e. The van der Waals surface area contributed by atoms with Crippen LogP contribution in [0.1, 0.15) is 26.2 Å². The summed E-state index contributed by atoms with van der Waals surface area (Å²) < 4.78 is 31.2. The van der Waals surface area contributed by atoms with Gasteiger partial charge >= 0.3 is 0 Å². The van der Waals surface area contributed by atoms with Crippen LogP contribution in [-0.4, -0.2) is 27.5 Å². The van der Waals surface area contributed by atoms with E-state index in [-0.39, 0.29) is 11.3 Å². The van der Waals surface area contributed by atoms with Gasteiger partial charge in [0.2, 0.25) is 10.0 Å². The third-order valence-electron chi connectivity index (χ3n) is 2.80. The van der Waals surface area contributed by atoms with E-state index in [1.807, 2.05) is 6.92 Å². The molecule has 0 radical (unpaired) electrons. The van der Waals surface area contributed by atoms with Crippen molar-refractivity contribution in [1.29, 1.82) is 0 Å². The van der Waals surface area contributed by atoms with Gasteiger partial charge in [0.1, 0.15) is 5.75 Å². The van der Waals surface area contributed by atoms with Crippen molar-refractivity contribution < 1.29 is 23.1 Å². The van der Waals surface area contributed by atoms with E-state index in [9.17, 15) is 18.3 Å². The Morgan fingerprint density at radius 1 is 1.35 bits per heavy atom. The zero-order valence-corrected chi connectivity index (χ0v) is 12.3. The monoisotopic (exact) mass is 300 g/mol. The Morgan fingerprint density at radius 2 is 1.95 bits per heavy atom. The van der Waals surface area contributed by atoms with Crippen LogP contribution in [0, 0.1) is 0 Å². The van der Waals surface area contributed by atoms with Crippen molar-refractivity contribution in [3.8, 4) is 5.75 Å². The maximum atomic E-state index is 12.1. The molecular weight excluding hydrogens is 282 g/mol. The first kappa shape index (κ1) is 16.5. The van der Waals surface area contributed by atoms with Gasteiger partial charge in [-0.25, -0.2) is 13.1 Å². The van der Waals surface area contributed by atoms with Crippen molar-refractivity contribution in [3.63, 3.8) is 0 Å². The highest BCUT2D eigenvalue weighted by Gasteiger charge is 2.20. The number of sulfonamides is 1. The molecule has 0 amide bonds. The molecule has 0 saturated carbocycles. The fourth-order valence-corrected chi connectivity index (χ4v) is 2.86. The standard InChI is InChI=1S/C13H19NO5S/c1-3-4-5-12(13(15)16)14-20(17,18)11-8-6-10(19-2)7-9-11/h6-9,12,14H,3-5H2,1-2H3,(H,15,16)/p-1/t12-/m1/s1. The van der Waals surface area contributed by atoms with E-state index in [1.165, 1.54) is 31.4 Å². The highest BCUT2D eigenvalue weighted by atomic mass is 32.2. The number of unbranched alkanes of at least 4 members (excludes halogenated alkanes) is 1. The van der Waals surface area contributed by atoms with Crippen LogP contribution in [0.15, 0.2) is 29.2 Å². The van der Waals surface area contributed by atoms with Gasteiger partial charge in [-0.15, -0.1) is 0 Å². The molecule has 0 unspecified atom stereocenters. The second kappa shape index (κ2) is 7.25.